The van der Waals surface area contributed by atoms with Gasteiger partial charge in [-0.15, -0.1) is 0 Å². The number of benzene rings is 1. The van der Waals surface area contributed by atoms with Gasteiger partial charge in [0.15, 0.2) is 5.57 Å². The highest BCUT2D eigenvalue weighted by molar-refractivity contribution is 9.11. The van der Waals surface area contributed by atoms with Crippen molar-refractivity contribution in [3.63, 3.8) is 0 Å². The molecule has 5 nitrogen and oxygen atoms in total. The molecule has 0 fully saturated rings. The second kappa shape index (κ2) is 8.84. The van der Waals surface area contributed by atoms with Crippen LogP contribution in [0.25, 0.3) is 0 Å². The van der Waals surface area contributed by atoms with E-state index >= 15 is 0 Å². The summed E-state index contributed by atoms with van der Waals surface area (Å²) in [7, 11) is 0. The molecule has 0 aliphatic heterocycles. The summed E-state index contributed by atoms with van der Waals surface area (Å²) in [6.07, 6.45) is 1.28. The van der Waals surface area contributed by atoms with Gasteiger partial charge in [0.1, 0.15) is 0 Å². The molecule has 0 aliphatic rings. The van der Waals surface area contributed by atoms with Gasteiger partial charge in [-0.1, -0.05) is 6.07 Å². The van der Waals surface area contributed by atoms with Gasteiger partial charge in [-0.05, 0) is 57.8 Å². The molecule has 1 rings (SSSR count). The number of para-hydroxylation sites is 1. The number of carbonyl (C=O) groups is 2. The molecule has 0 heterocycles. The van der Waals surface area contributed by atoms with Gasteiger partial charge in [0.2, 0.25) is 0 Å². The van der Waals surface area contributed by atoms with Gasteiger partial charge >= 0.3 is 11.9 Å². The first-order valence-corrected chi connectivity index (χ1v) is 7.84. The summed E-state index contributed by atoms with van der Waals surface area (Å²) in [4.78, 5) is 23.6. The summed E-state index contributed by atoms with van der Waals surface area (Å²) in [6, 6.07) is 5.51. The number of carbonyl (C=O) groups excluding carboxylic acids is 2. The van der Waals surface area contributed by atoms with Crippen molar-refractivity contribution < 1.29 is 19.1 Å². The van der Waals surface area contributed by atoms with E-state index in [9.17, 15) is 9.59 Å². The highest BCUT2D eigenvalue weighted by atomic mass is 79.9. The Hall–Kier alpha value is -1.34. The highest BCUT2D eigenvalue weighted by Crippen LogP contribution is 2.30. The maximum atomic E-state index is 11.8. The molecule has 21 heavy (non-hydrogen) atoms. The standard InChI is InChI=1S/C14H15Br2NO4/c1-3-20-13(18)9(14(19)21-4-2)8-17-12-10(15)6-5-7-11(12)16/h5-8,17H,3-4H2,1-2H3. The lowest BCUT2D eigenvalue weighted by atomic mass is 10.2. The van der Waals surface area contributed by atoms with Crippen molar-refractivity contribution in [1.82, 2.24) is 0 Å². The van der Waals surface area contributed by atoms with Gasteiger partial charge in [0.25, 0.3) is 0 Å². The van der Waals surface area contributed by atoms with Crippen LogP contribution in [0.15, 0.2) is 38.9 Å². The minimum atomic E-state index is -0.730. The number of ether oxygens (including phenoxy) is 2. The van der Waals surface area contributed by atoms with E-state index in [1.165, 1.54) is 6.20 Å². The summed E-state index contributed by atoms with van der Waals surface area (Å²) in [5.74, 6) is -1.46. The van der Waals surface area contributed by atoms with E-state index in [4.69, 9.17) is 9.47 Å². The number of esters is 2. The van der Waals surface area contributed by atoms with Crippen molar-refractivity contribution in [3.05, 3.63) is 38.9 Å². The van der Waals surface area contributed by atoms with Crippen LogP contribution >= 0.6 is 31.9 Å². The Bertz CT molecular complexity index is 518. The molecule has 0 saturated carbocycles. The number of halogens is 2. The fourth-order valence-corrected chi connectivity index (χ4v) is 2.63. The van der Waals surface area contributed by atoms with Crippen molar-refractivity contribution in [2.24, 2.45) is 0 Å². The predicted molar refractivity (Wildman–Crippen MR) is 86.8 cm³/mol. The van der Waals surface area contributed by atoms with Crippen molar-refractivity contribution in [2.75, 3.05) is 18.5 Å². The fourth-order valence-electron chi connectivity index (χ4n) is 1.40. The zero-order valence-corrected chi connectivity index (χ0v) is 14.8. The van der Waals surface area contributed by atoms with Crippen molar-refractivity contribution in [2.45, 2.75) is 13.8 Å². The fraction of sp³-hybridized carbons (Fsp3) is 0.286. The molecule has 0 saturated heterocycles. The lowest BCUT2D eigenvalue weighted by Gasteiger charge is -2.10. The van der Waals surface area contributed by atoms with Crippen LogP contribution in [0, 0.1) is 0 Å². The lowest BCUT2D eigenvalue weighted by molar-refractivity contribution is -0.146. The molecule has 0 bridgehead atoms. The Labute approximate surface area is 139 Å². The maximum absolute atomic E-state index is 11.8. The molecule has 0 atom stereocenters. The molecule has 0 unspecified atom stereocenters. The molecular formula is C14H15Br2NO4. The van der Waals surface area contributed by atoms with Crippen molar-refractivity contribution in [3.8, 4) is 0 Å². The molecular weight excluding hydrogens is 406 g/mol. The van der Waals surface area contributed by atoms with Crippen LogP contribution in [0.4, 0.5) is 5.69 Å². The van der Waals surface area contributed by atoms with Gasteiger partial charge in [0, 0.05) is 15.1 Å². The van der Waals surface area contributed by atoms with Crippen LogP contribution in [-0.4, -0.2) is 25.2 Å². The molecule has 1 aromatic carbocycles. The Balaban J connectivity index is 3.02. The molecule has 1 N–H and O–H groups in total. The molecule has 0 spiro atoms. The van der Waals surface area contributed by atoms with Crippen LogP contribution in [0.1, 0.15) is 13.8 Å². The van der Waals surface area contributed by atoms with Crippen molar-refractivity contribution in [1.29, 1.82) is 0 Å². The minimum Gasteiger partial charge on any atom is -0.462 e. The minimum absolute atomic E-state index is 0.175. The smallest absolute Gasteiger partial charge is 0.347 e. The zero-order valence-electron chi connectivity index (χ0n) is 11.6. The predicted octanol–water partition coefficient (Wildman–Crippen LogP) is 3.63. The Morgan fingerprint density at radius 1 is 1.10 bits per heavy atom. The normalized spacial score (nSPS) is 9.71. The van der Waals surface area contributed by atoms with Crippen LogP contribution < -0.4 is 5.32 Å². The van der Waals surface area contributed by atoms with Gasteiger partial charge < -0.3 is 14.8 Å². The van der Waals surface area contributed by atoms with Crippen LogP contribution in [-0.2, 0) is 19.1 Å². The average Bonchev–Trinajstić information content (AvgIpc) is 2.42. The molecule has 7 heteroatoms. The van der Waals surface area contributed by atoms with Gasteiger partial charge in [-0.25, -0.2) is 9.59 Å². The van der Waals surface area contributed by atoms with E-state index in [0.717, 1.165) is 8.95 Å². The largest absolute Gasteiger partial charge is 0.462 e. The number of hydrogen-bond donors (Lipinski definition) is 1. The Morgan fingerprint density at radius 2 is 1.57 bits per heavy atom. The summed E-state index contributed by atoms with van der Waals surface area (Å²) >= 11 is 6.76. The average molecular weight is 421 g/mol. The molecule has 0 aromatic heterocycles. The third kappa shape index (κ3) is 5.17. The molecule has 0 radical (unpaired) electrons. The van der Waals surface area contributed by atoms with E-state index in [2.05, 4.69) is 37.2 Å². The molecule has 114 valence electrons. The first kappa shape index (κ1) is 17.7. The maximum Gasteiger partial charge on any atom is 0.347 e. The second-order valence-corrected chi connectivity index (χ2v) is 5.45. The first-order chi connectivity index (χ1) is 10.0. The Kier molecular flexibility index (Phi) is 7.45. The van der Waals surface area contributed by atoms with Crippen LogP contribution in [0.2, 0.25) is 0 Å². The van der Waals surface area contributed by atoms with Gasteiger partial charge in [0.05, 0.1) is 18.9 Å². The highest BCUT2D eigenvalue weighted by Gasteiger charge is 2.21. The zero-order chi connectivity index (χ0) is 15.8. The van der Waals surface area contributed by atoms with Gasteiger partial charge in [-0.3, -0.25) is 0 Å². The van der Waals surface area contributed by atoms with E-state index in [1.54, 1.807) is 13.8 Å². The van der Waals surface area contributed by atoms with Crippen LogP contribution in [0.3, 0.4) is 0 Å². The molecule has 0 aliphatic carbocycles. The summed E-state index contributed by atoms with van der Waals surface area (Å²) in [5.41, 5.74) is 0.491. The first-order valence-electron chi connectivity index (χ1n) is 6.26. The Morgan fingerprint density at radius 3 is 2.00 bits per heavy atom. The summed E-state index contributed by atoms with van der Waals surface area (Å²) < 4.78 is 11.3. The van der Waals surface area contributed by atoms with E-state index in [1.807, 2.05) is 18.2 Å². The van der Waals surface area contributed by atoms with E-state index < -0.39 is 11.9 Å². The van der Waals surface area contributed by atoms with E-state index in [0.29, 0.717) is 5.69 Å². The SMILES string of the molecule is CCOC(=O)C(=CNc1c(Br)cccc1Br)C(=O)OCC. The van der Waals surface area contributed by atoms with Gasteiger partial charge in [-0.2, -0.15) is 0 Å². The topological polar surface area (TPSA) is 64.6 Å². The lowest BCUT2D eigenvalue weighted by Crippen LogP contribution is -2.19. The third-order valence-corrected chi connectivity index (χ3v) is 3.64. The van der Waals surface area contributed by atoms with Crippen LogP contribution in [0.5, 0.6) is 0 Å². The third-order valence-electron chi connectivity index (χ3n) is 2.31. The summed E-state index contributed by atoms with van der Waals surface area (Å²) in [6.45, 7) is 3.68. The van der Waals surface area contributed by atoms with E-state index in [-0.39, 0.29) is 18.8 Å². The number of rotatable bonds is 6. The molecule has 1 aromatic rings. The van der Waals surface area contributed by atoms with Crippen molar-refractivity contribution >= 4 is 49.5 Å². The number of nitrogens with one attached hydrogen (secondary N) is 1. The monoisotopic (exact) mass is 419 g/mol. The second-order valence-electron chi connectivity index (χ2n) is 3.74. The quantitative estimate of drug-likeness (QED) is 0.329. The number of hydrogen-bond acceptors (Lipinski definition) is 5. The molecule has 0 amide bonds. The number of anilines is 1. The summed E-state index contributed by atoms with van der Waals surface area (Å²) in [5, 5.41) is 2.90.